The molecule has 4 heterocycles. The van der Waals surface area contributed by atoms with Crippen LogP contribution in [0.15, 0.2) is 158 Å². The third-order valence-corrected chi connectivity index (χ3v) is 25.6. The fourth-order valence-electron chi connectivity index (χ4n) is 17.1. The number of aromatic hydroxyl groups is 1. The van der Waals surface area contributed by atoms with E-state index in [-0.39, 0.29) is 62.7 Å². The van der Waals surface area contributed by atoms with Crippen molar-refractivity contribution in [2.75, 3.05) is 59.4 Å². The van der Waals surface area contributed by atoms with Gasteiger partial charge in [-0.3, -0.25) is 76.7 Å². The maximum atomic E-state index is 15.9. The molecule has 7 aromatic rings. The van der Waals surface area contributed by atoms with E-state index in [1.165, 1.54) is 66.4 Å². The molecular formula is C98H122F2N16O21S. The molecule has 1 aromatic heterocycles. The summed E-state index contributed by atoms with van der Waals surface area (Å²) in [6.07, 6.45) is -4.98. The maximum Gasteiger partial charge on any atom is 0.305 e. The number of methoxy groups -OCH3 is 1. The first kappa shape index (κ1) is 106. The van der Waals surface area contributed by atoms with E-state index >= 15 is 57.1 Å². The number of halogens is 2. The number of thioether (sulfide) groups is 1. The van der Waals surface area contributed by atoms with Crippen molar-refractivity contribution < 1.29 is 111 Å². The number of likely N-dealkylation sites (N-methyl/N-ethyl adjacent to an activating group) is 3. The van der Waals surface area contributed by atoms with E-state index in [1.54, 1.807) is 136 Å². The Balaban J connectivity index is 1.07. The Morgan fingerprint density at radius 1 is 0.514 bits per heavy atom. The van der Waals surface area contributed by atoms with Crippen LogP contribution in [-0.4, -0.2) is 295 Å². The van der Waals surface area contributed by atoms with Crippen molar-refractivity contribution in [3.63, 3.8) is 0 Å². The SMILES string of the molecule is CCCC[C@H]1C(=O)N2C[C@@H](O)C[C@@H]2C(=O)N[C@@H](CC(=O)O)C(=O)N[C@@H](C(C)C)C(=O)N(C)[C@H](Cc2ccccc2)C(=O)N[C@@H](Cc2ccc(OC)cc2)C(=O)N2C[C@@H](O)C[C@@H]2C(=O)N[C@@H](Cc2c[nH]c3ccccc23)C(=O)N[C@@H](Cc2ccc(O)cc2)C(=O)N[C@H](CC(C)C)C(=O)N[C@H](C(=O)NCC(N)=O)CSCC(=O)N[C@H](Cc2ccc(F)c(F)c2)C(=O)N(C)[C@@H](Cc2ccccc2)C(=O)N1C. The molecule has 0 spiro atoms. The minimum absolute atomic E-state index is 0.0268. The highest BCUT2D eigenvalue weighted by Gasteiger charge is 2.48. The second kappa shape index (κ2) is 49.7. The number of carbonyl (C=O) groups is 16. The molecule has 40 heteroatoms. The lowest BCUT2D eigenvalue weighted by Gasteiger charge is -2.38. The first-order chi connectivity index (χ1) is 65.7. The molecule has 15 amide bonds. The van der Waals surface area contributed by atoms with E-state index in [4.69, 9.17) is 10.5 Å². The number of benzene rings is 6. The van der Waals surface area contributed by atoms with Crippen LogP contribution in [-0.2, 0) is 115 Å². The van der Waals surface area contributed by atoms with Crippen LogP contribution in [0, 0.1) is 23.5 Å². The number of aromatic nitrogens is 1. The number of carbonyl (C=O) groups excluding carboxylic acids is 15. The number of carboxylic acids is 1. The van der Waals surface area contributed by atoms with Crippen LogP contribution in [0.3, 0.4) is 0 Å². The second-order valence-electron chi connectivity index (χ2n) is 35.8. The van der Waals surface area contributed by atoms with Crippen molar-refractivity contribution in [2.45, 2.75) is 209 Å². The number of H-pyrrole nitrogens is 1. The largest absolute Gasteiger partial charge is 0.508 e. The van der Waals surface area contributed by atoms with Gasteiger partial charge in [-0.15, -0.1) is 11.8 Å². The molecule has 15 atom stereocenters. The highest BCUT2D eigenvalue weighted by atomic mass is 32.2. The monoisotopic (exact) mass is 1930 g/mol. The van der Waals surface area contributed by atoms with Gasteiger partial charge in [-0.1, -0.05) is 157 Å². The molecule has 37 nitrogen and oxygen atoms in total. The van der Waals surface area contributed by atoms with Gasteiger partial charge in [0.15, 0.2) is 11.6 Å². The Hall–Kier alpha value is -13.9. The number of unbranched alkanes of at least 4 members (excludes halogenated alkanes) is 1. The predicted molar refractivity (Wildman–Crippen MR) is 504 cm³/mol. The molecule has 16 N–H and O–H groups in total. The van der Waals surface area contributed by atoms with E-state index in [2.05, 4.69) is 52.8 Å². The number of fused-ring (bicyclic) bond motifs is 3. The molecule has 740 valence electrons. The molecule has 0 saturated carbocycles. The number of carboxylic acid groups (broad SMARTS) is 1. The Morgan fingerprint density at radius 2 is 1.01 bits per heavy atom. The molecule has 0 radical (unpaired) electrons. The Labute approximate surface area is 801 Å². The topological polar surface area (TPSA) is 530 Å². The Bertz CT molecular complexity index is 5510. The number of phenols is 1. The van der Waals surface area contributed by atoms with Crippen LogP contribution in [0.2, 0.25) is 0 Å². The summed E-state index contributed by atoms with van der Waals surface area (Å²) in [5, 5.41) is 68.4. The van der Waals surface area contributed by atoms with Gasteiger partial charge in [0.2, 0.25) is 88.6 Å². The Morgan fingerprint density at radius 3 is 1.59 bits per heavy atom. The van der Waals surface area contributed by atoms with Gasteiger partial charge in [0.1, 0.15) is 90.0 Å². The molecule has 10 rings (SSSR count). The average molecular weight is 1930 g/mol. The number of phenolic OH excluding ortho intramolecular Hbond substituents is 1. The summed E-state index contributed by atoms with van der Waals surface area (Å²) in [4.78, 5) is 248. The quantitative estimate of drug-likeness (QED) is 0.0411. The van der Waals surface area contributed by atoms with Gasteiger partial charge in [-0.05, 0) is 101 Å². The third kappa shape index (κ3) is 29.1. The van der Waals surface area contributed by atoms with Gasteiger partial charge in [0.25, 0.3) is 0 Å². The molecule has 3 saturated heterocycles. The number of aliphatic hydroxyl groups is 2. The number of nitrogens with two attached hydrogens (primary N) is 1. The number of hydrogen-bond acceptors (Lipinski definition) is 21. The standard InChI is InChI=1S/C98H122F2N16O21S/c1-10-11-26-77-97(135)116-51-64(119)46-80(116)93(131)108-73(47-84(122)123)90(128)111-85(55(4)5)98(136)113(7)78(42-56-20-14-12-15-21-56)91(129)109-75(40-59-29-34-65(137-9)35-30-59)95(133)115-50-63(118)45-79(115)92(130)107-72(44-61-48-102-69-25-19-18-24-66(61)69)89(127)106-71(39-58-27-32-62(117)33-28-58)88(126)105-70(37-54(2)3)87(125)110-76(86(124)103-49-82(101)120)52-138-53-83(121)104-74(41-60-31-36-67(99)68(100)38-60)94(132)114(8)81(96(134)112(77)6)43-57-22-16-13-17-23-57/h12-25,27-36,38,48,54-55,63-64,70-81,85,102,117-119H,10-11,26,37,39-47,49-53H2,1-9H3,(H2,101,120)(H,103,124)(H,104,121)(H,105,126)(H,106,127)(H,107,130)(H,108,131)(H,109,129)(H,110,125)(H,111,128)(H,122,123)/t63-,64-,70+,71-,72-,73-,74+,75-,76-,77-,78+,79+,80+,81-,85-/m0/s1. The van der Waals surface area contributed by atoms with Crippen LogP contribution in [0.5, 0.6) is 11.5 Å². The van der Waals surface area contributed by atoms with Crippen LogP contribution in [0.25, 0.3) is 10.9 Å². The second-order valence-corrected chi connectivity index (χ2v) is 36.8. The summed E-state index contributed by atoms with van der Waals surface area (Å²) in [7, 11) is 5.19. The van der Waals surface area contributed by atoms with Gasteiger partial charge in [0.05, 0.1) is 38.0 Å². The molecule has 6 aromatic carbocycles. The minimum atomic E-state index is -2.03. The molecule has 138 heavy (non-hydrogen) atoms. The number of ether oxygens (including phenoxy) is 1. The van der Waals surface area contributed by atoms with E-state index in [0.29, 0.717) is 62.7 Å². The normalized spacial score (nSPS) is 24.2. The summed E-state index contributed by atoms with van der Waals surface area (Å²) < 4.78 is 35.3. The zero-order valence-electron chi connectivity index (χ0n) is 78.3. The smallest absolute Gasteiger partial charge is 0.305 e. The predicted octanol–water partition coefficient (Wildman–Crippen LogP) is 1.91. The highest BCUT2D eigenvalue weighted by Crippen LogP contribution is 2.29. The molecule has 0 bridgehead atoms. The van der Waals surface area contributed by atoms with Gasteiger partial charge in [-0.25, -0.2) is 8.78 Å². The summed E-state index contributed by atoms with van der Waals surface area (Å²) >= 11 is 0.711. The van der Waals surface area contributed by atoms with E-state index in [0.717, 1.165) is 42.7 Å². The molecule has 3 aliphatic rings. The van der Waals surface area contributed by atoms with Gasteiger partial charge >= 0.3 is 5.97 Å². The summed E-state index contributed by atoms with van der Waals surface area (Å²) in [5.41, 5.74) is 8.25. The van der Waals surface area contributed by atoms with Gasteiger partial charge < -0.3 is 108 Å². The van der Waals surface area contributed by atoms with Crippen LogP contribution in [0.4, 0.5) is 8.78 Å². The lowest BCUT2D eigenvalue weighted by molar-refractivity contribution is -0.152. The summed E-state index contributed by atoms with van der Waals surface area (Å²) in [6.45, 7) is 6.46. The van der Waals surface area contributed by atoms with Crippen molar-refractivity contribution >= 4 is 117 Å². The number of hydrogen-bond donors (Lipinski definition) is 15. The van der Waals surface area contributed by atoms with E-state index in [1.807, 2.05) is 0 Å². The number of primary amides is 1. The molecule has 0 aliphatic carbocycles. The van der Waals surface area contributed by atoms with Crippen LogP contribution >= 0.6 is 11.8 Å². The van der Waals surface area contributed by atoms with Gasteiger partial charge in [-0.2, -0.15) is 0 Å². The van der Waals surface area contributed by atoms with Crippen molar-refractivity contribution in [2.24, 2.45) is 17.6 Å². The third-order valence-electron chi connectivity index (χ3n) is 24.6. The van der Waals surface area contributed by atoms with E-state index < -0.39 is 266 Å². The number of nitrogens with zero attached hydrogens (tertiary/aromatic N) is 5. The van der Waals surface area contributed by atoms with E-state index in [9.17, 15) is 48.8 Å². The zero-order chi connectivity index (χ0) is 100. The number of rotatable bonds is 24. The van der Waals surface area contributed by atoms with Crippen molar-refractivity contribution in [1.82, 2.24) is 77.3 Å². The molecule has 0 unspecified atom stereocenters. The highest BCUT2D eigenvalue weighted by molar-refractivity contribution is 8.00. The number of nitrogens with one attached hydrogen (secondary N) is 10. The Kier molecular flexibility index (Phi) is 38.3. The first-order valence-corrected chi connectivity index (χ1v) is 46.9. The maximum absolute atomic E-state index is 15.9. The fraction of sp³-hybridized carbons (Fsp3) is 0.449. The van der Waals surface area contributed by atoms with Crippen molar-refractivity contribution in [3.05, 3.63) is 203 Å². The number of aliphatic carboxylic acids is 1. The van der Waals surface area contributed by atoms with Crippen LogP contribution in [0.1, 0.15) is 113 Å². The van der Waals surface area contributed by atoms with Crippen LogP contribution < -0.4 is 58.3 Å². The summed E-state index contributed by atoms with van der Waals surface area (Å²) in [5.74, 6) is -21.4. The molecule has 3 aliphatic heterocycles. The molecular weight excluding hydrogens is 1810 g/mol. The van der Waals surface area contributed by atoms with Crippen molar-refractivity contribution in [1.29, 1.82) is 0 Å². The fourth-order valence-corrected chi connectivity index (χ4v) is 17.9. The number of aromatic amines is 1. The average Bonchev–Trinajstić information content (AvgIpc) is 1.56. The summed E-state index contributed by atoms with van der Waals surface area (Å²) in [6, 6.07) is 16.7. The number of para-hydroxylation sites is 1. The lowest BCUT2D eigenvalue weighted by Crippen LogP contribution is -2.62. The number of amides is 15. The minimum Gasteiger partial charge on any atom is -0.508 e. The first-order valence-electron chi connectivity index (χ1n) is 45.7. The van der Waals surface area contributed by atoms with Gasteiger partial charge in [0, 0.05) is 108 Å². The zero-order valence-corrected chi connectivity index (χ0v) is 79.1. The molecule has 3 fully saturated rings. The number of aliphatic hydroxyl groups excluding tert-OH is 2. The van der Waals surface area contributed by atoms with Crippen molar-refractivity contribution in [3.8, 4) is 11.5 Å². The lowest BCUT2D eigenvalue weighted by atomic mass is 9.98.